The van der Waals surface area contributed by atoms with Gasteiger partial charge in [0.1, 0.15) is 5.75 Å². The number of ether oxygens (including phenoxy) is 1. The quantitative estimate of drug-likeness (QED) is 0.838. The Balaban J connectivity index is 2.67. The molecule has 2 nitrogen and oxygen atoms in total. The van der Waals surface area contributed by atoms with Gasteiger partial charge in [-0.3, -0.25) is 0 Å². The minimum atomic E-state index is -0.662. The summed E-state index contributed by atoms with van der Waals surface area (Å²) in [6.07, 6.45) is 0. The van der Waals surface area contributed by atoms with Crippen LogP contribution in [0.3, 0.4) is 0 Å². The zero-order valence-corrected chi connectivity index (χ0v) is 8.77. The van der Waals surface area contributed by atoms with Gasteiger partial charge in [-0.2, -0.15) is 0 Å². The van der Waals surface area contributed by atoms with Crippen LogP contribution < -0.4 is 4.74 Å². The molecule has 0 aliphatic carbocycles. The minimum Gasteiger partial charge on any atom is -0.505 e. The van der Waals surface area contributed by atoms with E-state index in [9.17, 15) is 9.50 Å². The molecular formula is C13H11FO2. The summed E-state index contributed by atoms with van der Waals surface area (Å²) in [5.74, 6) is -0.633. The lowest BCUT2D eigenvalue weighted by atomic mass is 10.0. The monoisotopic (exact) mass is 218 g/mol. The zero-order chi connectivity index (χ0) is 11.5. The summed E-state index contributed by atoms with van der Waals surface area (Å²) >= 11 is 0. The Morgan fingerprint density at radius 2 is 1.75 bits per heavy atom. The molecule has 16 heavy (non-hydrogen) atoms. The molecule has 82 valence electrons. The molecule has 0 radical (unpaired) electrons. The molecule has 2 aromatic rings. The fourth-order valence-corrected chi connectivity index (χ4v) is 1.59. The maximum atomic E-state index is 13.8. The van der Waals surface area contributed by atoms with Crippen molar-refractivity contribution in [2.45, 2.75) is 0 Å². The van der Waals surface area contributed by atoms with Gasteiger partial charge < -0.3 is 9.84 Å². The molecule has 0 amide bonds. The Hall–Kier alpha value is -2.03. The van der Waals surface area contributed by atoms with Crippen molar-refractivity contribution in [2.24, 2.45) is 0 Å². The summed E-state index contributed by atoms with van der Waals surface area (Å²) < 4.78 is 18.9. The minimum absolute atomic E-state index is 0.281. The van der Waals surface area contributed by atoms with E-state index in [1.807, 2.05) is 6.07 Å². The molecule has 2 rings (SSSR count). The van der Waals surface area contributed by atoms with Crippen molar-refractivity contribution in [1.29, 1.82) is 0 Å². The lowest BCUT2D eigenvalue weighted by Crippen LogP contribution is -1.92. The summed E-state index contributed by atoms with van der Waals surface area (Å²) in [7, 11) is 1.47. The summed E-state index contributed by atoms with van der Waals surface area (Å²) in [4.78, 5) is 0. The number of benzene rings is 2. The van der Waals surface area contributed by atoms with E-state index >= 15 is 0 Å². The van der Waals surface area contributed by atoms with E-state index in [1.165, 1.54) is 13.2 Å². The highest BCUT2D eigenvalue weighted by molar-refractivity contribution is 5.72. The van der Waals surface area contributed by atoms with E-state index in [1.54, 1.807) is 30.3 Å². The second kappa shape index (κ2) is 4.23. The number of methoxy groups -OCH3 is 1. The maximum absolute atomic E-state index is 13.8. The first-order valence-corrected chi connectivity index (χ1v) is 4.85. The standard InChI is InChI=1S/C13H11FO2/c1-16-11-8-7-10(15)13(14)12(11)9-5-3-2-4-6-9/h2-8,15H,1H3. The fraction of sp³-hybridized carbons (Fsp3) is 0.0769. The van der Waals surface area contributed by atoms with Crippen LogP contribution in [0.2, 0.25) is 0 Å². The van der Waals surface area contributed by atoms with Gasteiger partial charge in [0.25, 0.3) is 0 Å². The predicted molar refractivity (Wildman–Crippen MR) is 60.1 cm³/mol. The van der Waals surface area contributed by atoms with Crippen LogP contribution in [0.15, 0.2) is 42.5 Å². The number of phenolic OH excluding ortho intramolecular Hbond substituents is 1. The van der Waals surface area contributed by atoms with E-state index < -0.39 is 5.82 Å². The Morgan fingerprint density at radius 3 is 2.38 bits per heavy atom. The number of hydrogen-bond donors (Lipinski definition) is 1. The van der Waals surface area contributed by atoms with Gasteiger partial charge in [0.05, 0.1) is 12.7 Å². The van der Waals surface area contributed by atoms with Gasteiger partial charge in [-0.1, -0.05) is 30.3 Å². The van der Waals surface area contributed by atoms with Crippen molar-refractivity contribution in [2.75, 3.05) is 7.11 Å². The molecule has 1 N–H and O–H groups in total. The van der Waals surface area contributed by atoms with Crippen LogP contribution in [-0.4, -0.2) is 12.2 Å². The van der Waals surface area contributed by atoms with Crippen molar-refractivity contribution in [3.8, 4) is 22.6 Å². The summed E-state index contributed by atoms with van der Waals surface area (Å²) in [6.45, 7) is 0. The van der Waals surface area contributed by atoms with Crippen LogP contribution in [0.4, 0.5) is 4.39 Å². The van der Waals surface area contributed by atoms with Gasteiger partial charge in [0.15, 0.2) is 11.6 Å². The van der Waals surface area contributed by atoms with Gasteiger partial charge in [-0.25, -0.2) is 4.39 Å². The highest BCUT2D eigenvalue weighted by Crippen LogP contribution is 2.36. The fourth-order valence-electron chi connectivity index (χ4n) is 1.59. The van der Waals surface area contributed by atoms with E-state index in [0.29, 0.717) is 11.3 Å². The third-order valence-electron chi connectivity index (χ3n) is 2.37. The summed E-state index contributed by atoms with van der Waals surface area (Å²) in [5.41, 5.74) is 0.954. The molecule has 0 bridgehead atoms. The van der Waals surface area contributed by atoms with Gasteiger partial charge in [0, 0.05) is 0 Å². The molecule has 0 heterocycles. The second-order valence-corrected chi connectivity index (χ2v) is 3.34. The molecule has 2 aromatic carbocycles. The van der Waals surface area contributed by atoms with E-state index in [0.717, 1.165) is 0 Å². The molecule has 0 unspecified atom stereocenters. The third-order valence-corrected chi connectivity index (χ3v) is 2.37. The van der Waals surface area contributed by atoms with Crippen LogP contribution in [0.5, 0.6) is 11.5 Å². The topological polar surface area (TPSA) is 29.5 Å². The zero-order valence-electron chi connectivity index (χ0n) is 8.77. The van der Waals surface area contributed by atoms with Crippen molar-refractivity contribution >= 4 is 0 Å². The van der Waals surface area contributed by atoms with Gasteiger partial charge in [-0.15, -0.1) is 0 Å². The third kappa shape index (κ3) is 1.72. The normalized spacial score (nSPS) is 10.1. The molecule has 0 aliphatic rings. The lowest BCUT2D eigenvalue weighted by Gasteiger charge is -2.10. The maximum Gasteiger partial charge on any atom is 0.176 e. The molecule has 0 atom stereocenters. The lowest BCUT2D eigenvalue weighted by molar-refractivity contribution is 0.402. The van der Waals surface area contributed by atoms with Crippen LogP contribution in [0, 0.1) is 5.82 Å². The van der Waals surface area contributed by atoms with Crippen LogP contribution in [0.25, 0.3) is 11.1 Å². The van der Waals surface area contributed by atoms with Crippen LogP contribution >= 0.6 is 0 Å². The van der Waals surface area contributed by atoms with E-state index in [-0.39, 0.29) is 11.3 Å². The van der Waals surface area contributed by atoms with Crippen molar-refractivity contribution in [3.63, 3.8) is 0 Å². The Bertz CT molecular complexity index is 495. The molecule has 0 fully saturated rings. The molecule has 0 aromatic heterocycles. The average molecular weight is 218 g/mol. The SMILES string of the molecule is COc1ccc(O)c(F)c1-c1ccccc1. The Labute approximate surface area is 92.9 Å². The molecule has 0 saturated carbocycles. The molecule has 0 aliphatic heterocycles. The molecule has 0 saturated heterocycles. The van der Waals surface area contributed by atoms with Crippen LogP contribution in [0.1, 0.15) is 0 Å². The molecular weight excluding hydrogens is 207 g/mol. The number of rotatable bonds is 2. The molecule has 3 heteroatoms. The highest BCUT2D eigenvalue weighted by Gasteiger charge is 2.14. The smallest absolute Gasteiger partial charge is 0.176 e. The number of halogens is 1. The van der Waals surface area contributed by atoms with Crippen LogP contribution in [-0.2, 0) is 0 Å². The Morgan fingerprint density at radius 1 is 1.06 bits per heavy atom. The van der Waals surface area contributed by atoms with Crippen molar-refractivity contribution in [3.05, 3.63) is 48.3 Å². The first kappa shape index (κ1) is 10.5. The number of phenols is 1. The Kier molecular flexibility index (Phi) is 2.77. The van der Waals surface area contributed by atoms with Gasteiger partial charge in [-0.05, 0) is 17.7 Å². The first-order chi connectivity index (χ1) is 7.74. The summed E-state index contributed by atoms with van der Waals surface area (Å²) in [5, 5.41) is 9.35. The molecule has 0 spiro atoms. The van der Waals surface area contributed by atoms with Crippen molar-refractivity contribution < 1.29 is 14.2 Å². The highest BCUT2D eigenvalue weighted by atomic mass is 19.1. The summed E-state index contributed by atoms with van der Waals surface area (Å²) in [6, 6.07) is 11.8. The first-order valence-electron chi connectivity index (χ1n) is 4.85. The number of hydrogen-bond acceptors (Lipinski definition) is 2. The van der Waals surface area contributed by atoms with E-state index in [4.69, 9.17) is 4.74 Å². The predicted octanol–water partition coefficient (Wildman–Crippen LogP) is 3.21. The largest absolute Gasteiger partial charge is 0.505 e. The van der Waals surface area contributed by atoms with Gasteiger partial charge >= 0.3 is 0 Å². The van der Waals surface area contributed by atoms with E-state index in [2.05, 4.69) is 0 Å². The van der Waals surface area contributed by atoms with Crippen molar-refractivity contribution in [1.82, 2.24) is 0 Å². The second-order valence-electron chi connectivity index (χ2n) is 3.34. The van der Waals surface area contributed by atoms with Gasteiger partial charge in [0.2, 0.25) is 0 Å². The average Bonchev–Trinajstić information content (AvgIpc) is 2.33. The number of aromatic hydroxyl groups is 1.